The van der Waals surface area contributed by atoms with Crippen LogP contribution in [0.5, 0.6) is 17.2 Å². The fraction of sp³-hybridized carbons (Fsp3) is 0.647. The minimum absolute atomic E-state index is 0.213. The molecule has 0 amide bonds. The summed E-state index contributed by atoms with van der Waals surface area (Å²) in [7, 11) is 3.18. The van der Waals surface area contributed by atoms with Gasteiger partial charge >= 0.3 is 0 Å². The van der Waals surface area contributed by atoms with Gasteiger partial charge < -0.3 is 24.2 Å². The summed E-state index contributed by atoms with van der Waals surface area (Å²) < 4.78 is 16.3. The SMILES string of the molecule is CCN1CCN(CC(O)COc2c(OC)cccc2OC)CC1. The summed E-state index contributed by atoms with van der Waals surface area (Å²) in [5, 5.41) is 10.3. The lowest BCUT2D eigenvalue weighted by Crippen LogP contribution is -2.49. The molecule has 0 spiro atoms. The summed E-state index contributed by atoms with van der Waals surface area (Å²) in [5.41, 5.74) is 0. The standard InChI is InChI=1S/C17H28N2O4/c1-4-18-8-10-19(11-9-18)12-14(20)13-23-17-15(21-2)6-5-7-16(17)22-3/h5-7,14,20H,4,8-13H2,1-3H3. The van der Waals surface area contributed by atoms with Gasteiger partial charge in [0.1, 0.15) is 12.7 Å². The molecule has 6 heteroatoms. The van der Waals surface area contributed by atoms with Crippen LogP contribution in [-0.2, 0) is 0 Å². The molecule has 2 rings (SSSR count). The smallest absolute Gasteiger partial charge is 0.203 e. The van der Waals surface area contributed by atoms with Crippen molar-refractivity contribution in [3.8, 4) is 17.2 Å². The van der Waals surface area contributed by atoms with E-state index in [1.807, 2.05) is 18.2 Å². The molecule has 1 unspecified atom stereocenters. The van der Waals surface area contributed by atoms with Crippen molar-refractivity contribution in [2.45, 2.75) is 13.0 Å². The highest BCUT2D eigenvalue weighted by Crippen LogP contribution is 2.36. The second-order valence-electron chi connectivity index (χ2n) is 5.69. The van der Waals surface area contributed by atoms with E-state index >= 15 is 0 Å². The van der Waals surface area contributed by atoms with Crippen LogP contribution >= 0.6 is 0 Å². The van der Waals surface area contributed by atoms with Crippen molar-refractivity contribution in [1.82, 2.24) is 9.80 Å². The van der Waals surface area contributed by atoms with E-state index in [1.165, 1.54) is 0 Å². The molecule has 0 radical (unpaired) electrons. The molecule has 0 saturated carbocycles. The number of para-hydroxylation sites is 1. The van der Waals surface area contributed by atoms with Crippen LogP contribution in [0.15, 0.2) is 18.2 Å². The van der Waals surface area contributed by atoms with E-state index in [0.29, 0.717) is 23.8 Å². The molecule has 1 aromatic rings. The van der Waals surface area contributed by atoms with Crippen LogP contribution in [0.1, 0.15) is 6.92 Å². The lowest BCUT2D eigenvalue weighted by Gasteiger charge is -2.34. The number of aliphatic hydroxyl groups is 1. The predicted molar refractivity (Wildman–Crippen MR) is 89.6 cm³/mol. The van der Waals surface area contributed by atoms with Gasteiger partial charge in [-0.05, 0) is 18.7 Å². The normalized spacial score (nSPS) is 17.7. The third kappa shape index (κ3) is 4.99. The first-order chi connectivity index (χ1) is 11.2. The zero-order valence-corrected chi connectivity index (χ0v) is 14.3. The molecule has 1 aromatic carbocycles. The Morgan fingerprint density at radius 3 is 2.13 bits per heavy atom. The molecule has 0 aromatic heterocycles. The van der Waals surface area contributed by atoms with Gasteiger partial charge in [0, 0.05) is 32.7 Å². The lowest BCUT2D eigenvalue weighted by atomic mass is 10.2. The van der Waals surface area contributed by atoms with Crippen molar-refractivity contribution < 1.29 is 19.3 Å². The zero-order valence-electron chi connectivity index (χ0n) is 14.3. The van der Waals surface area contributed by atoms with E-state index in [2.05, 4.69) is 16.7 Å². The van der Waals surface area contributed by atoms with Crippen LogP contribution in [0.3, 0.4) is 0 Å². The highest BCUT2D eigenvalue weighted by atomic mass is 16.5. The molecule has 130 valence electrons. The number of β-amino-alcohol motifs (C(OH)–C–C–N with tert-alkyl or cyclic N) is 1. The van der Waals surface area contributed by atoms with Gasteiger partial charge in [-0.25, -0.2) is 0 Å². The number of aliphatic hydroxyl groups excluding tert-OH is 1. The summed E-state index contributed by atoms with van der Waals surface area (Å²) >= 11 is 0. The summed E-state index contributed by atoms with van der Waals surface area (Å²) in [6.45, 7) is 8.20. The van der Waals surface area contributed by atoms with E-state index in [9.17, 15) is 5.11 Å². The van der Waals surface area contributed by atoms with Crippen molar-refractivity contribution in [3.05, 3.63) is 18.2 Å². The molecule has 1 heterocycles. The van der Waals surface area contributed by atoms with Crippen molar-refractivity contribution in [1.29, 1.82) is 0 Å². The predicted octanol–water partition coefficient (Wildman–Crippen LogP) is 1.08. The van der Waals surface area contributed by atoms with E-state index in [4.69, 9.17) is 14.2 Å². The maximum Gasteiger partial charge on any atom is 0.203 e. The average molecular weight is 324 g/mol. The summed E-state index contributed by atoms with van der Waals surface area (Å²) in [6.07, 6.45) is -0.544. The maximum atomic E-state index is 10.3. The zero-order chi connectivity index (χ0) is 16.7. The van der Waals surface area contributed by atoms with Crippen LogP contribution in [0.25, 0.3) is 0 Å². The van der Waals surface area contributed by atoms with E-state index in [-0.39, 0.29) is 6.61 Å². The number of likely N-dealkylation sites (N-methyl/N-ethyl adjacent to an activating group) is 1. The van der Waals surface area contributed by atoms with Gasteiger partial charge in [0.15, 0.2) is 11.5 Å². The van der Waals surface area contributed by atoms with Crippen molar-refractivity contribution >= 4 is 0 Å². The van der Waals surface area contributed by atoms with Crippen LogP contribution < -0.4 is 14.2 Å². The topological polar surface area (TPSA) is 54.4 Å². The maximum absolute atomic E-state index is 10.3. The molecule has 1 N–H and O–H groups in total. The quantitative estimate of drug-likeness (QED) is 0.772. The number of nitrogens with zero attached hydrogens (tertiary/aromatic N) is 2. The largest absolute Gasteiger partial charge is 0.493 e. The molecule has 23 heavy (non-hydrogen) atoms. The molecular formula is C17H28N2O4. The molecule has 1 aliphatic heterocycles. The van der Waals surface area contributed by atoms with Crippen LogP contribution in [0.2, 0.25) is 0 Å². The third-order valence-corrected chi connectivity index (χ3v) is 4.18. The summed E-state index contributed by atoms with van der Waals surface area (Å²) in [4.78, 5) is 4.69. The van der Waals surface area contributed by atoms with Crippen molar-refractivity contribution in [2.75, 3.05) is 60.1 Å². The molecule has 0 aliphatic carbocycles. The molecule has 6 nitrogen and oxygen atoms in total. The fourth-order valence-electron chi connectivity index (χ4n) is 2.78. The lowest BCUT2D eigenvalue weighted by molar-refractivity contribution is 0.0458. The van der Waals surface area contributed by atoms with E-state index < -0.39 is 6.10 Å². The number of piperazine rings is 1. The Balaban J connectivity index is 1.84. The molecule has 1 saturated heterocycles. The van der Waals surface area contributed by atoms with Gasteiger partial charge in [-0.15, -0.1) is 0 Å². The first-order valence-corrected chi connectivity index (χ1v) is 8.14. The Hall–Kier alpha value is -1.50. The van der Waals surface area contributed by atoms with Gasteiger partial charge in [0.25, 0.3) is 0 Å². The Bertz CT molecular complexity index is 453. The number of hydrogen-bond donors (Lipinski definition) is 1. The summed E-state index contributed by atoms with van der Waals surface area (Å²) in [5.74, 6) is 1.74. The average Bonchev–Trinajstić information content (AvgIpc) is 2.60. The number of ether oxygens (including phenoxy) is 3. The van der Waals surface area contributed by atoms with Gasteiger partial charge in [-0.1, -0.05) is 13.0 Å². The Morgan fingerprint density at radius 2 is 1.61 bits per heavy atom. The highest BCUT2D eigenvalue weighted by Gasteiger charge is 2.19. The highest BCUT2D eigenvalue weighted by molar-refractivity contribution is 5.51. The number of benzene rings is 1. The second-order valence-corrected chi connectivity index (χ2v) is 5.69. The first-order valence-electron chi connectivity index (χ1n) is 8.14. The monoisotopic (exact) mass is 324 g/mol. The molecule has 1 fully saturated rings. The fourth-order valence-corrected chi connectivity index (χ4v) is 2.78. The molecular weight excluding hydrogens is 296 g/mol. The van der Waals surface area contributed by atoms with Gasteiger partial charge in [-0.3, -0.25) is 4.90 Å². The minimum atomic E-state index is -0.544. The second kappa shape index (κ2) is 8.96. The first kappa shape index (κ1) is 17.8. The van der Waals surface area contributed by atoms with Crippen LogP contribution in [0, 0.1) is 0 Å². The van der Waals surface area contributed by atoms with E-state index in [1.54, 1.807) is 14.2 Å². The van der Waals surface area contributed by atoms with Gasteiger partial charge in [0.05, 0.1) is 14.2 Å². The number of rotatable bonds is 8. The molecule has 1 atom stereocenters. The Labute approximate surface area is 138 Å². The number of hydrogen-bond acceptors (Lipinski definition) is 6. The molecule has 1 aliphatic rings. The van der Waals surface area contributed by atoms with Crippen LogP contribution in [-0.4, -0.2) is 81.1 Å². The van der Waals surface area contributed by atoms with Crippen molar-refractivity contribution in [3.63, 3.8) is 0 Å². The number of methoxy groups -OCH3 is 2. The Morgan fingerprint density at radius 1 is 1.04 bits per heavy atom. The van der Waals surface area contributed by atoms with Crippen LogP contribution in [0.4, 0.5) is 0 Å². The summed E-state index contributed by atoms with van der Waals surface area (Å²) in [6, 6.07) is 5.47. The third-order valence-electron chi connectivity index (χ3n) is 4.18. The Kier molecular flexibility index (Phi) is 6.95. The van der Waals surface area contributed by atoms with E-state index in [0.717, 1.165) is 32.7 Å². The molecule has 0 bridgehead atoms. The van der Waals surface area contributed by atoms with Gasteiger partial charge in [0.2, 0.25) is 5.75 Å². The minimum Gasteiger partial charge on any atom is -0.493 e. The van der Waals surface area contributed by atoms with Crippen molar-refractivity contribution in [2.24, 2.45) is 0 Å². The van der Waals surface area contributed by atoms with Gasteiger partial charge in [-0.2, -0.15) is 0 Å².